The molecule has 8 heteroatoms. The van der Waals surface area contributed by atoms with Crippen LogP contribution >= 0.6 is 0 Å². The molecule has 0 aliphatic heterocycles. The number of carboxylic acids is 4. The number of aromatic carboxylic acids is 2. The first-order valence-corrected chi connectivity index (χ1v) is 7.72. The van der Waals surface area contributed by atoms with Crippen LogP contribution in [0.5, 0.6) is 0 Å². The van der Waals surface area contributed by atoms with E-state index in [0.717, 1.165) is 19.3 Å². The Hall–Kier alpha value is -2.90. The molecule has 2 saturated carbocycles. The van der Waals surface area contributed by atoms with Gasteiger partial charge in [0.1, 0.15) is 0 Å². The van der Waals surface area contributed by atoms with Crippen molar-refractivity contribution >= 4 is 23.9 Å². The van der Waals surface area contributed by atoms with Gasteiger partial charge in [-0.2, -0.15) is 0 Å². The molecule has 4 N–H and O–H groups in total. The Morgan fingerprint density at radius 1 is 0.800 bits per heavy atom. The third-order valence-electron chi connectivity index (χ3n) is 4.99. The van der Waals surface area contributed by atoms with Gasteiger partial charge in [-0.15, -0.1) is 0 Å². The van der Waals surface area contributed by atoms with Gasteiger partial charge in [-0.05, 0) is 55.4 Å². The molecule has 134 valence electrons. The maximum atomic E-state index is 11.0. The van der Waals surface area contributed by atoms with E-state index in [0.29, 0.717) is 12.3 Å². The monoisotopic (exact) mass is 350 g/mol. The van der Waals surface area contributed by atoms with Crippen molar-refractivity contribution in [1.29, 1.82) is 0 Å². The summed E-state index contributed by atoms with van der Waals surface area (Å²) >= 11 is 0. The molecule has 2 atom stereocenters. The highest BCUT2D eigenvalue weighted by Crippen LogP contribution is 2.56. The van der Waals surface area contributed by atoms with Crippen LogP contribution in [0, 0.1) is 17.3 Å². The summed E-state index contributed by atoms with van der Waals surface area (Å²) in [5.74, 6) is -4.22. The number of rotatable bonds is 4. The van der Waals surface area contributed by atoms with Crippen LogP contribution in [0.2, 0.25) is 0 Å². The van der Waals surface area contributed by atoms with E-state index in [1.54, 1.807) is 0 Å². The largest absolute Gasteiger partial charge is 0.480 e. The van der Waals surface area contributed by atoms with E-state index in [4.69, 9.17) is 20.4 Å². The quantitative estimate of drug-likeness (QED) is 0.603. The molecule has 3 rings (SSSR count). The first-order valence-electron chi connectivity index (χ1n) is 7.72. The molecule has 2 aliphatic rings. The third kappa shape index (κ3) is 3.47. The second kappa shape index (κ2) is 6.92. The molecule has 8 nitrogen and oxygen atoms in total. The predicted octanol–water partition coefficient (Wildman–Crippen LogP) is 2.04. The van der Waals surface area contributed by atoms with Crippen LogP contribution in [0.25, 0.3) is 0 Å². The number of benzene rings is 1. The summed E-state index contributed by atoms with van der Waals surface area (Å²) in [4.78, 5) is 42.6. The SMILES string of the molecule is O=C(O)C1(C(=O)O)CC2CCC1C2.O=C(O)c1ccc(C(=O)O)cc1. The molecule has 2 unspecified atom stereocenters. The minimum Gasteiger partial charge on any atom is -0.480 e. The van der Waals surface area contributed by atoms with Crippen LogP contribution in [0.1, 0.15) is 46.4 Å². The van der Waals surface area contributed by atoms with E-state index in [1.807, 2.05) is 0 Å². The Kier molecular flexibility index (Phi) is 5.10. The average Bonchev–Trinajstić information content (AvgIpc) is 3.17. The molecule has 0 spiro atoms. The molecule has 0 aromatic heterocycles. The lowest BCUT2D eigenvalue weighted by Gasteiger charge is -2.28. The first-order chi connectivity index (χ1) is 11.7. The van der Waals surface area contributed by atoms with Gasteiger partial charge in [0.05, 0.1) is 11.1 Å². The van der Waals surface area contributed by atoms with Crippen molar-refractivity contribution in [2.75, 3.05) is 0 Å². The Morgan fingerprint density at radius 3 is 1.44 bits per heavy atom. The summed E-state index contributed by atoms with van der Waals surface area (Å²) in [5.41, 5.74) is -1.29. The molecular formula is C17H18O8. The summed E-state index contributed by atoms with van der Waals surface area (Å²) in [6.45, 7) is 0. The lowest BCUT2D eigenvalue weighted by molar-refractivity contribution is -0.168. The van der Waals surface area contributed by atoms with Gasteiger partial charge in [-0.25, -0.2) is 9.59 Å². The molecule has 0 heterocycles. The topological polar surface area (TPSA) is 149 Å². The number of fused-ring (bicyclic) bond motifs is 2. The van der Waals surface area contributed by atoms with Crippen LogP contribution in [0.4, 0.5) is 0 Å². The second-order valence-corrected chi connectivity index (χ2v) is 6.35. The highest BCUT2D eigenvalue weighted by molar-refractivity contribution is 5.99. The van der Waals surface area contributed by atoms with Gasteiger partial charge in [-0.1, -0.05) is 6.42 Å². The molecule has 0 radical (unpaired) electrons. The molecule has 0 amide bonds. The van der Waals surface area contributed by atoms with Crippen molar-refractivity contribution in [2.45, 2.75) is 25.7 Å². The minimum absolute atomic E-state index is 0.0833. The van der Waals surface area contributed by atoms with E-state index in [1.165, 1.54) is 24.3 Å². The summed E-state index contributed by atoms with van der Waals surface area (Å²) in [6.07, 6.45) is 2.90. The maximum Gasteiger partial charge on any atom is 0.335 e. The molecule has 2 fully saturated rings. The lowest BCUT2D eigenvalue weighted by atomic mass is 9.73. The van der Waals surface area contributed by atoms with E-state index in [9.17, 15) is 19.2 Å². The fourth-order valence-electron chi connectivity index (χ4n) is 3.70. The van der Waals surface area contributed by atoms with Crippen molar-refractivity contribution in [3.8, 4) is 0 Å². The van der Waals surface area contributed by atoms with Crippen LogP contribution in [-0.2, 0) is 9.59 Å². The van der Waals surface area contributed by atoms with Crippen LogP contribution in [0.15, 0.2) is 24.3 Å². The Bertz CT molecular complexity index is 659. The number of aliphatic carboxylic acids is 2. The summed E-state index contributed by atoms with van der Waals surface area (Å²) in [6, 6.07) is 5.02. The number of carboxylic acid groups (broad SMARTS) is 4. The van der Waals surface area contributed by atoms with Gasteiger partial charge in [-0.3, -0.25) is 9.59 Å². The summed E-state index contributed by atoms with van der Waals surface area (Å²) in [7, 11) is 0. The van der Waals surface area contributed by atoms with E-state index >= 15 is 0 Å². The van der Waals surface area contributed by atoms with E-state index < -0.39 is 29.3 Å². The van der Waals surface area contributed by atoms with Crippen molar-refractivity contribution < 1.29 is 39.6 Å². The Morgan fingerprint density at radius 2 is 1.24 bits per heavy atom. The van der Waals surface area contributed by atoms with E-state index in [-0.39, 0.29) is 17.0 Å². The Labute approximate surface area is 142 Å². The van der Waals surface area contributed by atoms with Crippen molar-refractivity contribution in [2.24, 2.45) is 17.3 Å². The normalized spacial score (nSPS) is 22.6. The van der Waals surface area contributed by atoms with E-state index in [2.05, 4.69) is 0 Å². The summed E-state index contributed by atoms with van der Waals surface area (Å²) in [5, 5.41) is 34.9. The molecular weight excluding hydrogens is 332 g/mol. The highest BCUT2D eigenvalue weighted by atomic mass is 16.4. The lowest BCUT2D eigenvalue weighted by Crippen LogP contribution is -2.43. The average molecular weight is 350 g/mol. The van der Waals surface area contributed by atoms with Gasteiger partial charge in [0.25, 0.3) is 0 Å². The molecule has 0 saturated heterocycles. The molecule has 2 aliphatic carbocycles. The van der Waals surface area contributed by atoms with Crippen LogP contribution in [-0.4, -0.2) is 44.3 Å². The second-order valence-electron chi connectivity index (χ2n) is 6.35. The van der Waals surface area contributed by atoms with Crippen molar-refractivity contribution in [1.82, 2.24) is 0 Å². The van der Waals surface area contributed by atoms with Crippen LogP contribution in [0.3, 0.4) is 0 Å². The van der Waals surface area contributed by atoms with Crippen molar-refractivity contribution in [3.63, 3.8) is 0 Å². The van der Waals surface area contributed by atoms with Gasteiger partial charge in [0, 0.05) is 0 Å². The highest BCUT2D eigenvalue weighted by Gasteiger charge is 2.61. The molecule has 1 aromatic carbocycles. The number of hydrogen-bond acceptors (Lipinski definition) is 4. The zero-order valence-electron chi connectivity index (χ0n) is 13.2. The standard InChI is InChI=1S/C9H12O4.C8H6O4/c10-7(11)9(8(12)13)4-5-1-2-6(9)3-5;9-7(10)5-1-2-6(4-3-5)8(11)12/h5-6H,1-4H2,(H,10,11)(H,12,13);1-4H,(H,9,10)(H,11,12). The van der Waals surface area contributed by atoms with Crippen molar-refractivity contribution in [3.05, 3.63) is 35.4 Å². The minimum atomic E-state index is -1.46. The fourth-order valence-corrected chi connectivity index (χ4v) is 3.70. The van der Waals surface area contributed by atoms with Gasteiger partial charge >= 0.3 is 23.9 Å². The third-order valence-corrected chi connectivity index (χ3v) is 4.99. The summed E-state index contributed by atoms with van der Waals surface area (Å²) < 4.78 is 0. The maximum absolute atomic E-state index is 11.0. The number of hydrogen-bond donors (Lipinski definition) is 4. The fraction of sp³-hybridized carbons (Fsp3) is 0.412. The molecule has 25 heavy (non-hydrogen) atoms. The zero-order chi connectivity index (χ0) is 18.8. The van der Waals surface area contributed by atoms with Gasteiger partial charge < -0.3 is 20.4 Å². The first kappa shape index (κ1) is 18.4. The smallest absolute Gasteiger partial charge is 0.335 e. The van der Waals surface area contributed by atoms with Gasteiger partial charge in [0.15, 0.2) is 5.41 Å². The zero-order valence-corrected chi connectivity index (χ0v) is 13.2. The number of carbonyl (C=O) groups is 4. The van der Waals surface area contributed by atoms with Gasteiger partial charge in [0.2, 0.25) is 0 Å². The molecule has 1 aromatic rings. The van der Waals surface area contributed by atoms with Crippen LogP contribution < -0.4 is 0 Å². The predicted molar refractivity (Wildman–Crippen MR) is 83.5 cm³/mol. The molecule has 2 bridgehead atoms. The Balaban J connectivity index is 0.000000181.